The Bertz CT molecular complexity index is 146. The van der Waals surface area contributed by atoms with Crippen LogP contribution in [0.25, 0.3) is 0 Å². The van der Waals surface area contributed by atoms with Crippen molar-refractivity contribution in [3.63, 3.8) is 0 Å². The van der Waals surface area contributed by atoms with Gasteiger partial charge in [-0.2, -0.15) is 12.6 Å². The average molecular weight is 213 g/mol. The molecule has 0 rings (SSSR count). The molecule has 0 unspecified atom stereocenters. The topological polar surface area (TPSA) is 47.6 Å². The SMILES string of the molecule is CCOP(=O)(NCCS)OCC. The van der Waals surface area contributed by atoms with Gasteiger partial charge in [0.2, 0.25) is 0 Å². The van der Waals surface area contributed by atoms with E-state index >= 15 is 0 Å². The summed E-state index contributed by atoms with van der Waals surface area (Å²) < 4.78 is 21.5. The van der Waals surface area contributed by atoms with Gasteiger partial charge in [0, 0.05) is 12.3 Å². The number of hydrogen-bond acceptors (Lipinski definition) is 4. The van der Waals surface area contributed by atoms with E-state index < -0.39 is 7.75 Å². The van der Waals surface area contributed by atoms with Crippen molar-refractivity contribution in [2.45, 2.75) is 13.8 Å². The van der Waals surface area contributed by atoms with Crippen molar-refractivity contribution in [3.8, 4) is 0 Å². The van der Waals surface area contributed by atoms with Crippen LogP contribution in [-0.2, 0) is 13.6 Å². The van der Waals surface area contributed by atoms with Gasteiger partial charge < -0.3 is 0 Å². The summed E-state index contributed by atoms with van der Waals surface area (Å²) in [5, 5.41) is 2.68. The molecule has 0 aromatic rings. The molecule has 0 fully saturated rings. The van der Waals surface area contributed by atoms with Crippen LogP contribution < -0.4 is 5.09 Å². The molecule has 0 amide bonds. The first kappa shape index (κ1) is 12.5. The quantitative estimate of drug-likeness (QED) is 0.499. The van der Waals surface area contributed by atoms with Crippen LogP contribution in [0.5, 0.6) is 0 Å². The fourth-order valence-corrected chi connectivity index (χ4v) is 2.27. The van der Waals surface area contributed by atoms with Gasteiger partial charge in [-0.3, -0.25) is 9.05 Å². The molecule has 0 aromatic carbocycles. The lowest BCUT2D eigenvalue weighted by Gasteiger charge is -2.16. The van der Waals surface area contributed by atoms with Gasteiger partial charge in [-0.1, -0.05) is 0 Å². The summed E-state index contributed by atoms with van der Waals surface area (Å²) in [6, 6.07) is 0. The molecule has 12 heavy (non-hydrogen) atoms. The predicted molar refractivity (Wildman–Crippen MR) is 52.7 cm³/mol. The molecule has 0 radical (unpaired) electrons. The Labute approximate surface area is 79.0 Å². The number of hydrogen-bond donors (Lipinski definition) is 2. The minimum absolute atomic E-state index is 0.372. The van der Waals surface area contributed by atoms with Crippen molar-refractivity contribution in [1.82, 2.24) is 5.09 Å². The van der Waals surface area contributed by atoms with E-state index in [2.05, 4.69) is 17.7 Å². The fraction of sp³-hybridized carbons (Fsp3) is 1.00. The highest BCUT2D eigenvalue weighted by molar-refractivity contribution is 7.80. The van der Waals surface area contributed by atoms with Crippen molar-refractivity contribution in [2.24, 2.45) is 0 Å². The van der Waals surface area contributed by atoms with E-state index in [0.717, 1.165) is 0 Å². The predicted octanol–water partition coefficient (Wildman–Crippen LogP) is 1.69. The molecule has 0 heterocycles. The van der Waals surface area contributed by atoms with E-state index in [1.807, 2.05) is 0 Å². The van der Waals surface area contributed by atoms with Crippen molar-refractivity contribution in [1.29, 1.82) is 0 Å². The normalized spacial score (nSPS) is 11.9. The molecule has 0 spiro atoms. The summed E-state index contributed by atoms with van der Waals surface area (Å²) in [6.07, 6.45) is 0. The van der Waals surface area contributed by atoms with E-state index in [4.69, 9.17) is 9.05 Å². The van der Waals surface area contributed by atoms with Gasteiger partial charge in [0.05, 0.1) is 13.2 Å². The standard InChI is InChI=1S/C6H16NO3PS/c1-3-9-11(8,10-4-2)7-5-6-12/h12H,3-6H2,1-2H3,(H,7,8). The van der Waals surface area contributed by atoms with Gasteiger partial charge in [-0.25, -0.2) is 9.65 Å². The minimum atomic E-state index is -3.03. The van der Waals surface area contributed by atoms with Gasteiger partial charge in [0.25, 0.3) is 0 Å². The number of thiol groups is 1. The Morgan fingerprint density at radius 1 is 1.33 bits per heavy atom. The largest absolute Gasteiger partial charge is 0.405 e. The molecule has 0 aliphatic heterocycles. The molecular weight excluding hydrogens is 197 g/mol. The van der Waals surface area contributed by atoms with Crippen LogP contribution in [0.1, 0.15) is 13.8 Å². The summed E-state index contributed by atoms with van der Waals surface area (Å²) in [5.74, 6) is 0.601. The lowest BCUT2D eigenvalue weighted by molar-refractivity contribution is 0.211. The van der Waals surface area contributed by atoms with E-state index in [1.165, 1.54) is 0 Å². The molecule has 0 atom stereocenters. The molecule has 0 aromatic heterocycles. The Balaban J connectivity index is 3.90. The van der Waals surface area contributed by atoms with Crippen LogP contribution >= 0.6 is 20.4 Å². The van der Waals surface area contributed by atoms with Crippen LogP contribution in [-0.4, -0.2) is 25.5 Å². The van der Waals surface area contributed by atoms with Crippen molar-refractivity contribution in [3.05, 3.63) is 0 Å². The third-order valence-electron chi connectivity index (χ3n) is 1.02. The molecule has 4 nitrogen and oxygen atoms in total. The maximum Gasteiger partial charge on any atom is 0.405 e. The van der Waals surface area contributed by atoms with Crippen LogP contribution in [0.2, 0.25) is 0 Å². The minimum Gasteiger partial charge on any atom is -0.297 e. The Morgan fingerprint density at radius 3 is 2.17 bits per heavy atom. The van der Waals surface area contributed by atoms with Gasteiger partial charge >= 0.3 is 7.75 Å². The second-order valence-electron chi connectivity index (χ2n) is 1.96. The van der Waals surface area contributed by atoms with E-state index in [1.54, 1.807) is 13.8 Å². The van der Waals surface area contributed by atoms with E-state index in [0.29, 0.717) is 25.5 Å². The zero-order valence-corrected chi connectivity index (χ0v) is 9.24. The lowest BCUT2D eigenvalue weighted by Crippen LogP contribution is -2.17. The second-order valence-corrected chi connectivity index (χ2v) is 4.24. The summed E-state index contributed by atoms with van der Waals surface area (Å²) in [6.45, 7) is 4.80. The monoisotopic (exact) mass is 213 g/mol. The Morgan fingerprint density at radius 2 is 1.83 bits per heavy atom. The second kappa shape index (κ2) is 6.92. The van der Waals surface area contributed by atoms with Crippen LogP contribution in [0.3, 0.4) is 0 Å². The van der Waals surface area contributed by atoms with Crippen LogP contribution in [0, 0.1) is 0 Å². The van der Waals surface area contributed by atoms with Crippen LogP contribution in [0.15, 0.2) is 0 Å². The zero-order valence-electron chi connectivity index (χ0n) is 7.45. The Kier molecular flexibility index (Phi) is 7.19. The third-order valence-corrected chi connectivity index (χ3v) is 3.05. The number of rotatable bonds is 7. The molecule has 74 valence electrons. The van der Waals surface area contributed by atoms with Crippen molar-refractivity contribution >= 4 is 20.4 Å². The van der Waals surface area contributed by atoms with Gasteiger partial charge in [-0.15, -0.1) is 0 Å². The molecular formula is C6H16NO3PS. The van der Waals surface area contributed by atoms with Gasteiger partial charge in [0.15, 0.2) is 0 Å². The maximum absolute atomic E-state index is 11.6. The summed E-state index contributed by atoms with van der Waals surface area (Å²) in [7, 11) is -3.03. The van der Waals surface area contributed by atoms with Gasteiger partial charge in [-0.05, 0) is 13.8 Å². The zero-order chi connectivity index (χ0) is 9.45. The number of nitrogens with one attached hydrogen (secondary N) is 1. The first-order chi connectivity index (χ1) is 5.68. The van der Waals surface area contributed by atoms with Crippen LogP contribution in [0.4, 0.5) is 0 Å². The molecule has 0 bridgehead atoms. The van der Waals surface area contributed by atoms with Crippen molar-refractivity contribution < 1.29 is 13.6 Å². The third kappa shape index (κ3) is 5.17. The maximum atomic E-state index is 11.6. The molecule has 0 saturated carbocycles. The van der Waals surface area contributed by atoms with E-state index in [9.17, 15) is 4.57 Å². The summed E-state index contributed by atoms with van der Waals surface area (Å²) in [4.78, 5) is 0. The summed E-state index contributed by atoms with van der Waals surface area (Å²) in [5.41, 5.74) is 0. The molecule has 0 aliphatic rings. The smallest absolute Gasteiger partial charge is 0.297 e. The summed E-state index contributed by atoms with van der Waals surface area (Å²) >= 11 is 3.97. The van der Waals surface area contributed by atoms with E-state index in [-0.39, 0.29) is 0 Å². The highest BCUT2D eigenvalue weighted by atomic mass is 32.1. The molecule has 6 heteroatoms. The lowest BCUT2D eigenvalue weighted by atomic mass is 10.8. The highest BCUT2D eigenvalue weighted by Crippen LogP contribution is 2.42. The highest BCUT2D eigenvalue weighted by Gasteiger charge is 2.21. The van der Waals surface area contributed by atoms with Gasteiger partial charge in [0.1, 0.15) is 0 Å². The first-order valence-corrected chi connectivity index (χ1v) is 6.11. The average Bonchev–Trinajstić information content (AvgIpc) is 2.02. The fourth-order valence-electron chi connectivity index (χ4n) is 0.655. The molecule has 0 aliphatic carbocycles. The first-order valence-electron chi connectivity index (χ1n) is 3.93. The van der Waals surface area contributed by atoms with Crippen molar-refractivity contribution in [2.75, 3.05) is 25.5 Å². The molecule has 0 saturated heterocycles. The Hall–Kier alpha value is 0.460. The molecule has 1 N–H and O–H groups in total.